The Kier molecular flexibility index (Phi) is 4.55. The summed E-state index contributed by atoms with van der Waals surface area (Å²) in [6.07, 6.45) is 0.846. The molecule has 0 aliphatic heterocycles. The maximum Gasteiger partial charge on any atom is 0.261 e. The molecule has 0 saturated heterocycles. The number of benzene rings is 1. The number of amides is 1. The minimum Gasteiger partial charge on any atom is -0.345 e. The fourth-order valence-electron chi connectivity index (χ4n) is 2.66. The second-order valence-electron chi connectivity index (χ2n) is 5.52. The molecule has 3 aromatic rings. The molecule has 4 nitrogen and oxygen atoms in total. The zero-order valence-corrected chi connectivity index (χ0v) is 15.7. The normalized spacial score (nSPS) is 12.5. The Morgan fingerprint density at radius 2 is 2.09 bits per heavy atom. The molecule has 0 spiro atoms. The van der Waals surface area contributed by atoms with E-state index in [4.69, 9.17) is 0 Å². The van der Waals surface area contributed by atoms with Gasteiger partial charge in [-0.2, -0.15) is 5.10 Å². The summed E-state index contributed by atoms with van der Waals surface area (Å²) in [5, 5.41) is 8.56. The van der Waals surface area contributed by atoms with Crippen LogP contribution in [0.3, 0.4) is 0 Å². The predicted molar refractivity (Wildman–Crippen MR) is 98.0 cm³/mol. The van der Waals surface area contributed by atoms with E-state index >= 15 is 0 Å². The summed E-state index contributed by atoms with van der Waals surface area (Å²) >= 11 is 4.92. The summed E-state index contributed by atoms with van der Waals surface area (Å²) in [4.78, 5) is 14.4. The summed E-state index contributed by atoms with van der Waals surface area (Å²) in [5.41, 5.74) is 2.07. The van der Waals surface area contributed by atoms with Gasteiger partial charge in [0.1, 0.15) is 4.83 Å². The Hall–Kier alpha value is -1.66. The van der Waals surface area contributed by atoms with Crippen molar-refractivity contribution in [2.75, 3.05) is 0 Å². The van der Waals surface area contributed by atoms with Gasteiger partial charge in [0.2, 0.25) is 0 Å². The number of aryl methyl sites for hydroxylation is 2. The van der Waals surface area contributed by atoms with E-state index in [1.807, 2.05) is 49.0 Å². The second-order valence-corrected chi connectivity index (χ2v) is 7.47. The van der Waals surface area contributed by atoms with Crippen LogP contribution in [0.2, 0.25) is 0 Å². The van der Waals surface area contributed by atoms with E-state index in [1.54, 1.807) is 0 Å². The minimum atomic E-state index is -0.0274. The van der Waals surface area contributed by atoms with E-state index in [-0.39, 0.29) is 11.9 Å². The molecule has 1 atom stereocenters. The first kappa shape index (κ1) is 16.2. The number of carbonyl (C=O) groups is 1. The summed E-state index contributed by atoms with van der Waals surface area (Å²) in [6, 6.07) is 10.0. The minimum absolute atomic E-state index is 0.0139. The highest BCUT2D eigenvalue weighted by molar-refractivity contribution is 9.10. The van der Waals surface area contributed by atoms with E-state index in [0.717, 1.165) is 37.2 Å². The molecule has 120 valence electrons. The molecule has 0 fully saturated rings. The zero-order valence-electron chi connectivity index (χ0n) is 13.3. The molecular weight excluding hydrogens is 374 g/mol. The lowest BCUT2D eigenvalue weighted by atomic mass is 10.0. The Bertz CT molecular complexity index is 816. The highest BCUT2D eigenvalue weighted by Gasteiger charge is 2.18. The number of nitrogens with one attached hydrogen (secondary N) is 1. The zero-order chi connectivity index (χ0) is 16.6. The maximum absolute atomic E-state index is 12.6. The van der Waals surface area contributed by atoms with Gasteiger partial charge in [0, 0.05) is 16.9 Å². The van der Waals surface area contributed by atoms with Crippen molar-refractivity contribution >= 4 is 43.4 Å². The number of halogens is 1. The van der Waals surface area contributed by atoms with Gasteiger partial charge >= 0.3 is 0 Å². The van der Waals surface area contributed by atoms with Crippen LogP contribution in [-0.2, 0) is 7.05 Å². The first-order valence-electron chi connectivity index (χ1n) is 7.49. The van der Waals surface area contributed by atoms with Crippen LogP contribution in [0.4, 0.5) is 0 Å². The van der Waals surface area contributed by atoms with Crippen LogP contribution in [0, 0.1) is 6.92 Å². The number of rotatable bonds is 4. The van der Waals surface area contributed by atoms with E-state index < -0.39 is 0 Å². The quantitative estimate of drug-likeness (QED) is 0.706. The fraction of sp³-hybridized carbons (Fsp3) is 0.294. The van der Waals surface area contributed by atoms with Crippen LogP contribution >= 0.6 is 27.3 Å². The lowest BCUT2D eigenvalue weighted by Gasteiger charge is -2.17. The number of hydrogen-bond donors (Lipinski definition) is 1. The van der Waals surface area contributed by atoms with Gasteiger partial charge in [-0.05, 0) is 37.1 Å². The summed E-state index contributed by atoms with van der Waals surface area (Å²) in [5.74, 6) is -0.0274. The summed E-state index contributed by atoms with van der Waals surface area (Å²) < 4.78 is 2.87. The molecule has 1 aromatic carbocycles. The number of nitrogens with zero attached hydrogens (tertiary/aromatic N) is 2. The van der Waals surface area contributed by atoms with E-state index in [2.05, 4.69) is 33.3 Å². The third-order valence-electron chi connectivity index (χ3n) is 3.91. The Morgan fingerprint density at radius 3 is 2.70 bits per heavy atom. The summed E-state index contributed by atoms with van der Waals surface area (Å²) in [6.45, 7) is 4.04. The number of thiophene rings is 1. The first-order valence-corrected chi connectivity index (χ1v) is 9.10. The van der Waals surface area contributed by atoms with Gasteiger partial charge in [0.15, 0.2) is 0 Å². The van der Waals surface area contributed by atoms with Gasteiger partial charge in [-0.15, -0.1) is 11.3 Å². The van der Waals surface area contributed by atoms with Crippen LogP contribution in [0.25, 0.3) is 10.2 Å². The molecule has 0 bridgehead atoms. The highest BCUT2D eigenvalue weighted by Crippen LogP contribution is 2.28. The number of aromatic nitrogens is 2. The standard InChI is InChI=1S/C17H18BrN3OS/c1-4-14(11-5-7-12(18)8-6-11)19-16(22)15-9-13-10(2)20-21(3)17(13)23-15/h5-9,14H,4H2,1-3H3,(H,19,22). The van der Waals surface area contributed by atoms with Crippen molar-refractivity contribution in [2.24, 2.45) is 7.05 Å². The van der Waals surface area contributed by atoms with E-state index in [9.17, 15) is 4.79 Å². The van der Waals surface area contributed by atoms with Crippen molar-refractivity contribution in [3.8, 4) is 0 Å². The molecule has 0 radical (unpaired) electrons. The van der Waals surface area contributed by atoms with Gasteiger partial charge in [0.05, 0.1) is 16.6 Å². The smallest absolute Gasteiger partial charge is 0.261 e. The van der Waals surface area contributed by atoms with Crippen LogP contribution in [0.5, 0.6) is 0 Å². The second kappa shape index (κ2) is 6.45. The van der Waals surface area contributed by atoms with Crippen molar-refractivity contribution in [2.45, 2.75) is 26.3 Å². The Balaban J connectivity index is 1.83. The molecule has 1 amide bonds. The lowest BCUT2D eigenvalue weighted by Crippen LogP contribution is -2.27. The van der Waals surface area contributed by atoms with Crippen molar-refractivity contribution in [3.05, 3.63) is 50.9 Å². The fourth-order valence-corrected chi connectivity index (χ4v) is 3.95. The van der Waals surface area contributed by atoms with Crippen molar-refractivity contribution in [1.29, 1.82) is 0 Å². The lowest BCUT2D eigenvalue weighted by molar-refractivity contribution is 0.0940. The molecule has 2 aromatic heterocycles. The SMILES string of the molecule is CCC(NC(=O)c1cc2c(C)nn(C)c2s1)c1ccc(Br)cc1. The Morgan fingerprint density at radius 1 is 1.39 bits per heavy atom. The number of hydrogen-bond acceptors (Lipinski definition) is 3. The average Bonchev–Trinajstić information content (AvgIpc) is 3.08. The first-order chi connectivity index (χ1) is 11.0. The topological polar surface area (TPSA) is 46.9 Å². The van der Waals surface area contributed by atoms with E-state index in [1.165, 1.54) is 11.3 Å². The Labute approximate surface area is 147 Å². The third kappa shape index (κ3) is 3.19. The predicted octanol–water partition coefficient (Wildman–Crippen LogP) is 4.59. The van der Waals surface area contributed by atoms with Gasteiger partial charge in [-0.3, -0.25) is 9.48 Å². The van der Waals surface area contributed by atoms with Crippen molar-refractivity contribution < 1.29 is 4.79 Å². The molecule has 3 rings (SSSR count). The van der Waals surface area contributed by atoms with Gasteiger partial charge in [0.25, 0.3) is 5.91 Å². The largest absolute Gasteiger partial charge is 0.345 e. The van der Waals surface area contributed by atoms with E-state index in [0.29, 0.717) is 0 Å². The maximum atomic E-state index is 12.6. The molecule has 0 aliphatic rings. The van der Waals surface area contributed by atoms with Gasteiger partial charge in [-0.25, -0.2) is 0 Å². The highest BCUT2D eigenvalue weighted by atomic mass is 79.9. The monoisotopic (exact) mass is 391 g/mol. The van der Waals surface area contributed by atoms with Crippen molar-refractivity contribution in [3.63, 3.8) is 0 Å². The number of carbonyl (C=O) groups excluding carboxylic acids is 1. The third-order valence-corrected chi connectivity index (χ3v) is 5.64. The molecule has 6 heteroatoms. The van der Waals surface area contributed by atoms with Crippen molar-refractivity contribution in [1.82, 2.24) is 15.1 Å². The van der Waals surface area contributed by atoms with Crippen LogP contribution in [0.15, 0.2) is 34.8 Å². The van der Waals surface area contributed by atoms with Crippen LogP contribution in [0.1, 0.15) is 40.3 Å². The molecule has 23 heavy (non-hydrogen) atoms. The van der Waals surface area contributed by atoms with Crippen LogP contribution < -0.4 is 5.32 Å². The average molecular weight is 392 g/mol. The van der Waals surface area contributed by atoms with Crippen LogP contribution in [-0.4, -0.2) is 15.7 Å². The summed E-state index contributed by atoms with van der Waals surface area (Å²) in [7, 11) is 1.91. The molecule has 1 unspecified atom stereocenters. The molecule has 0 aliphatic carbocycles. The molecular formula is C17H18BrN3OS. The molecule has 0 saturated carbocycles. The molecule has 2 heterocycles. The van der Waals surface area contributed by atoms with Gasteiger partial charge < -0.3 is 5.32 Å². The number of fused-ring (bicyclic) bond motifs is 1. The van der Waals surface area contributed by atoms with Gasteiger partial charge in [-0.1, -0.05) is 35.0 Å². The molecule has 1 N–H and O–H groups in total.